The summed E-state index contributed by atoms with van der Waals surface area (Å²) in [6, 6.07) is 8.67. The minimum atomic E-state index is -0.469. The molecule has 0 amide bonds. The van der Waals surface area contributed by atoms with Crippen LogP contribution in [0.1, 0.15) is 37.4 Å². The Morgan fingerprint density at radius 1 is 1.32 bits per heavy atom. The molecular formula is C19H26N2O. The summed E-state index contributed by atoms with van der Waals surface area (Å²) < 4.78 is 0. The summed E-state index contributed by atoms with van der Waals surface area (Å²) in [6.45, 7) is 5.19. The smallest absolute Gasteiger partial charge is 0.0774 e. The first kappa shape index (κ1) is 14.3. The molecule has 0 radical (unpaired) electrons. The van der Waals surface area contributed by atoms with Crippen LogP contribution in [-0.4, -0.2) is 40.2 Å². The van der Waals surface area contributed by atoms with E-state index in [2.05, 4.69) is 41.1 Å². The maximum Gasteiger partial charge on any atom is 0.0774 e. The van der Waals surface area contributed by atoms with Crippen molar-refractivity contribution in [3.63, 3.8) is 0 Å². The van der Waals surface area contributed by atoms with Crippen molar-refractivity contribution in [3.05, 3.63) is 35.5 Å². The van der Waals surface area contributed by atoms with Gasteiger partial charge in [-0.3, -0.25) is 4.90 Å². The molecule has 2 aromatic rings. The van der Waals surface area contributed by atoms with E-state index in [9.17, 15) is 5.11 Å². The lowest BCUT2D eigenvalue weighted by Crippen LogP contribution is -2.51. The molecule has 1 aromatic carbocycles. The Kier molecular flexibility index (Phi) is 3.50. The third kappa shape index (κ3) is 2.46. The number of aliphatic hydroxyl groups is 1. The Balaban J connectivity index is 1.67. The van der Waals surface area contributed by atoms with Gasteiger partial charge < -0.3 is 10.1 Å². The van der Waals surface area contributed by atoms with E-state index in [1.165, 1.54) is 28.6 Å². The number of aromatic amines is 1. The maximum atomic E-state index is 10.8. The van der Waals surface area contributed by atoms with Gasteiger partial charge in [0.05, 0.1) is 5.60 Å². The van der Waals surface area contributed by atoms with Gasteiger partial charge in [-0.05, 0) is 49.7 Å². The molecule has 0 saturated carbocycles. The van der Waals surface area contributed by atoms with Gasteiger partial charge in [-0.25, -0.2) is 0 Å². The van der Waals surface area contributed by atoms with Gasteiger partial charge >= 0.3 is 0 Å². The topological polar surface area (TPSA) is 39.3 Å². The van der Waals surface area contributed by atoms with Crippen LogP contribution in [0.5, 0.6) is 0 Å². The number of rotatable bonds is 1. The van der Waals surface area contributed by atoms with E-state index in [4.69, 9.17) is 0 Å². The van der Waals surface area contributed by atoms with Gasteiger partial charge in [-0.1, -0.05) is 25.1 Å². The van der Waals surface area contributed by atoms with Gasteiger partial charge in [0.25, 0.3) is 0 Å². The number of aromatic nitrogens is 1. The van der Waals surface area contributed by atoms with Crippen molar-refractivity contribution in [2.45, 2.75) is 44.6 Å². The van der Waals surface area contributed by atoms with Crippen molar-refractivity contribution >= 4 is 10.9 Å². The van der Waals surface area contributed by atoms with E-state index in [-0.39, 0.29) is 0 Å². The van der Waals surface area contributed by atoms with Gasteiger partial charge in [0.1, 0.15) is 0 Å². The van der Waals surface area contributed by atoms with Gasteiger partial charge in [0.15, 0.2) is 0 Å². The van der Waals surface area contributed by atoms with E-state index in [1.54, 1.807) is 0 Å². The van der Waals surface area contributed by atoms with Crippen LogP contribution in [0, 0.1) is 5.92 Å². The van der Waals surface area contributed by atoms with E-state index in [0.717, 1.165) is 45.3 Å². The Morgan fingerprint density at radius 2 is 2.18 bits per heavy atom. The predicted octanol–water partition coefficient (Wildman–Crippen LogP) is 3.12. The van der Waals surface area contributed by atoms with Crippen LogP contribution >= 0.6 is 0 Å². The molecule has 2 aliphatic rings. The van der Waals surface area contributed by atoms with Crippen LogP contribution in [0.3, 0.4) is 0 Å². The molecule has 0 spiro atoms. The molecule has 3 nitrogen and oxygen atoms in total. The van der Waals surface area contributed by atoms with Crippen molar-refractivity contribution in [2.75, 3.05) is 19.6 Å². The van der Waals surface area contributed by atoms with E-state index in [0.29, 0.717) is 5.92 Å². The zero-order valence-corrected chi connectivity index (χ0v) is 13.4. The number of hydrogen-bond acceptors (Lipinski definition) is 2. The number of H-pyrrole nitrogens is 1. The molecule has 2 N–H and O–H groups in total. The van der Waals surface area contributed by atoms with Crippen molar-refractivity contribution < 1.29 is 5.11 Å². The number of benzene rings is 1. The fraction of sp³-hybridized carbons (Fsp3) is 0.579. The van der Waals surface area contributed by atoms with Gasteiger partial charge in [0, 0.05) is 36.2 Å². The second-order valence-corrected chi connectivity index (χ2v) is 7.30. The van der Waals surface area contributed by atoms with Crippen LogP contribution < -0.4 is 0 Å². The zero-order chi connectivity index (χ0) is 15.2. The van der Waals surface area contributed by atoms with Crippen molar-refractivity contribution in [2.24, 2.45) is 5.92 Å². The predicted molar refractivity (Wildman–Crippen MR) is 90.1 cm³/mol. The SMILES string of the molecule is CC[C@]1(O)C[C@H]2CCc3[nH]c4ccccc4c3CC[N@](C2)C1. The molecule has 0 unspecified atom stereocenters. The highest BCUT2D eigenvalue weighted by atomic mass is 16.3. The first-order chi connectivity index (χ1) is 10.7. The molecule has 0 aliphatic carbocycles. The van der Waals surface area contributed by atoms with Crippen LogP contribution in [0.15, 0.2) is 24.3 Å². The fourth-order valence-corrected chi connectivity index (χ4v) is 4.51. The molecule has 4 rings (SSSR count). The largest absolute Gasteiger partial charge is 0.389 e. The average molecular weight is 298 g/mol. The number of nitrogens with zero attached hydrogens (tertiary/aromatic N) is 1. The van der Waals surface area contributed by atoms with Crippen molar-refractivity contribution in [3.8, 4) is 0 Å². The van der Waals surface area contributed by atoms with E-state index >= 15 is 0 Å². The molecule has 3 heteroatoms. The monoisotopic (exact) mass is 298 g/mol. The normalized spacial score (nSPS) is 32.1. The van der Waals surface area contributed by atoms with E-state index in [1.807, 2.05) is 0 Å². The second-order valence-electron chi connectivity index (χ2n) is 7.30. The highest BCUT2D eigenvalue weighted by Crippen LogP contribution is 2.34. The summed E-state index contributed by atoms with van der Waals surface area (Å²) in [6.07, 6.45) is 5.22. The van der Waals surface area contributed by atoms with Crippen molar-refractivity contribution in [1.29, 1.82) is 0 Å². The van der Waals surface area contributed by atoms with Gasteiger partial charge in [-0.2, -0.15) is 0 Å². The molecular weight excluding hydrogens is 272 g/mol. The molecule has 1 aromatic heterocycles. The minimum absolute atomic E-state index is 0.469. The number of nitrogens with one attached hydrogen (secondary N) is 1. The first-order valence-corrected chi connectivity index (χ1v) is 8.70. The summed E-state index contributed by atoms with van der Waals surface area (Å²) in [4.78, 5) is 6.14. The number of piperidine rings is 1. The third-order valence-corrected chi connectivity index (χ3v) is 5.74. The van der Waals surface area contributed by atoms with Gasteiger partial charge in [-0.15, -0.1) is 0 Å². The summed E-state index contributed by atoms with van der Waals surface area (Å²) in [7, 11) is 0. The van der Waals surface area contributed by atoms with Crippen LogP contribution in [0.25, 0.3) is 10.9 Å². The van der Waals surface area contributed by atoms with E-state index < -0.39 is 5.60 Å². The van der Waals surface area contributed by atoms with Crippen molar-refractivity contribution in [1.82, 2.24) is 9.88 Å². The lowest BCUT2D eigenvalue weighted by atomic mass is 9.81. The van der Waals surface area contributed by atoms with Crippen LogP contribution in [0.4, 0.5) is 0 Å². The Hall–Kier alpha value is -1.32. The first-order valence-electron chi connectivity index (χ1n) is 8.70. The quantitative estimate of drug-likeness (QED) is 0.849. The Labute approximate surface area is 132 Å². The number of aryl methyl sites for hydroxylation is 1. The highest BCUT2D eigenvalue weighted by Gasteiger charge is 2.37. The molecule has 1 saturated heterocycles. The summed E-state index contributed by atoms with van der Waals surface area (Å²) in [5, 5.41) is 12.2. The summed E-state index contributed by atoms with van der Waals surface area (Å²) >= 11 is 0. The average Bonchev–Trinajstić information content (AvgIpc) is 2.89. The lowest BCUT2D eigenvalue weighted by molar-refractivity contribution is -0.0557. The molecule has 3 atom stereocenters. The van der Waals surface area contributed by atoms with Crippen LogP contribution in [0.2, 0.25) is 0 Å². The number of para-hydroxylation sites is 1. The summed E-state index contributed by atoms with van der Waals surface area (Å²) in [5.74, 6) is 0.621. The minimum Gasteiger partial charge on any atom is -0.389 e. The number of hydrogen-bond donors (Lipinski definition) is 2. The fourth-order valence-electron chi connectivity index (χ4n) is 4.51. The molecule has 118 valence electrons. The summed E-state index contributed by atoms with van der Waals surface area (Å²) in [5.41, 5.74) is 3.74. The zero-order valence-electron chi connectivity index (χ0n) is 13.4. The maximum absolute atomic E-state index is 10.8. The second kappa shape index (κ2) is 5.39. The van der Waals surface area contributed by atoms with Crippen LogP contribution in [-0.2, 0) is 12.8 Å². The lowest BCUT2D eigenvalue weighted by Gasteiger charge is -2.42. The Morgan fingerprint density at radius 3 is 3.05 bits per heavy atom. The molecule has 3 heterocycles. The highest BCUT2D eigenvalue weighted by molar-refractivity contribution is 5.84. The standard InChI is InChI=1S/C19H26N2O/c1-2-19(22)11-14-7-8-18-16(9-10-21(12-14)13-19)15-5-3-4-6-17(15)20-18/h3-6,14,20,22H,2,7-13H2,1H3/t14-,19+/m1/s1. The number of fused-ring (bicyclic) bond motifs is 5. The molecule has 2 aliphatic heterocycles. The molecule has 2 bridgehead atoms. The third-order valence-electron chi connectivity index (χ3n) is 5.74. The molecule has 22 heavy (non-hydrogen) atoms. The van der Waals surface area contributed by atoms with Gasteiger partial charge in [0.2, 0.25) is 0 Å². The molecule has 1 fully saturated rings. The Bertz CT molecular complexity index is 677.